The molecule has 0 aliphatic rings. The predicted molar refractivity (Wildman–Crippen MR) is 76.3 cm³/mol. The van der Waals surface area contributed by atoms with E-state index in [0.29, 0.717) is 38.7 Å². The lowest BCUT2D eigenvalue weighted by molar-refractivity contribution is -0.147. The third-order valence-electron chi connectivity index (χ3n) is 2.04. The molecule has 112 valence electrons. The molecule has 0 aromatic carbocycles. The maximum atomic E-state index is 11.3. The summed E-state index contributed by atoms with van der Waals surface area (Å²) in [4.78, 5) is 15.7. The summed E-state index contributed by atoms with van der Waals surface area (Å²) in [5.74, 6) is 0.493. The van der Waals surface area contributed by atoms with Crippen LogP contribution in [0.15, 0.2) is 4.99 Å². The van der Waals surface area contributed by atoms with Crippen LogP contribution >= 0.6 is 0 Å². The second-order valence-electron chi connectivity index (χ2n) is 4.17. The highest BCUT2D eigenvalue weighted by molar-refractivity contribution is 5.80. The fourth-order valence-electron chi connectivity index (χ4n) is 1.31. The second kappa shape index (κ2) is 11.8. The Balaban J connectivity index is 3.89. The fourth-order valence-corrected chi connectivity index (χ4v) is 1.31. The zero-order chi connectivity index (χ0) is 14.5. The van der Waals surface area contributed by atoms with E-state index in [4.69, 9.17) is 9.47 Å². The van der Waals surface area contributed by atoms with Gasteiger partial charge in [-0.15, -0.1) is 0 Å². The van der Waals surface area contributed by atoms with Gasteiger partial charge in [-0.05, 0) is 27.7 Å². The van der Waals surface area contributed by atoms with Crippen LogP contribution < -0.4 is 10.6 Å². The molecule has 0 fully saturated rings. The molecule has 0 aliphatic carbocycles. The van der Waals surface area contributed by atoms with Gasteiger partial charge in [-0.25, -0.2) is 0 Å². The average molecular weight is 273 g/mol. The van der Waals surface area contributed by atoms with Crippen molar-refractivity contribution in [2.75, 3.05) is 32.8 Å². The van der Waals surface area contributed by atoms with E-state index in [0.717, 1.165) is 6.54 Å². The van der Waals surface area contributed by atoms with Gasteiger partial charge in [0.25, 0.3) is 0 Å². The molecule has 0 aliphatic heterocycles. The summed E-state index contributed by atoms with van der Waals surface area (Å²) in [6.07, 6.45) is 0.259. The number of nitrogens with one attached hydrogen (secondary N) is 2. The first-order valence-electron chi connectivity index (χ1n) is 6.89. The normalized spacial score (nSPS) is 11.5. The Bertz CT molecular complexity index is 268. The minimum Gasteiger partial charge on any atom is -0.463 e. The van der Waals surface area contributed by atoms with Gasteiger partial charge in [0.2, 0.25) is 0 Å². The Labute approximate surface area is 116 Å². The van der Waals surface area contributed by atoms with Gasteiger partial charge >= 0.3 is 5.97 Å². The van der Waals surface area contributed by atoms with E-state index in [1.807, 2.05) is 27.7 Å². The number of hydrogen-bond donors (Lipinski definition) is 2. The van der Waals surface area contributed by atoms with Crippen LogP contribution in [0.4, 0.5) is 0 Å². The summed E-state index contributed by atoms with van der Waals surface area (Å²) in [5, 5.41) is 6.19. The molecule has 2 N–H and O–H groups in total. The molecule has 0 heterocycles. The van der Waals surface area contributed by atoms with Crippen molar-refractivity contribution < 1.29 is 14.3 Å². The molecule has 0 saturated carbocycles. The van der Waals surface area contributed by atoms with Gasteiger partial charge in [0, 0.05) is 19.7 Å². The summed E-state index contributed by atoms with van der Waals surface area (Å²) < 4.78 is 10.3. The highest BCUT2D eigenvalue weighted by Gasteiger charge is 2.05. The van der Waals surface area contributed by atoms with Gasteiger partial charge in [0.1, 0.15) is 0 Å². The molecule has 0 spiro atoms. The van der Waals surface area contributed by atoms with E-state index in [9.17, 15) is 4.79 Å². The molecule has 19 heavy (non-hydrogen) atoms. The van der Waals surface area contributed by atoms with Gasteiger partial charge in [-0.3, -0.25) is 9.79 Å². The zero-order valence-electron chi connectivity index (χ0n) is 12.5. The van der Waals surface area contributed by atoms with E-state index < -0.39 is 0 Å². The van der Waals surface area contributed by atoms with Crippen molar-refractivity contribution in [1.82, 2.24) is 10.6 Å². The number of guanidine groups is 1. The van der Waals surface area contributed by atoms with E-state index in [-0.39, 0.29) is 12.1 Å². The first-order valence-corrected chi connectivity index (χ1v) is 6.89. The van der Waals surface area contributed by atoms with Crippen LogP contribution in [0.3, 0.4) is 0 Å². The lowest BCUT2D eigenvalue weighted by Crippen LogP contribution is -2.38. The topological polar surface area (TPSA) is 72.0 Å². The van der Waals surface area contributed by atoms with E-state index >= 15 is 0 Å². The van der Waals surface area contributed by atoms with Gasteiger partial charge in [-0.1, -0.05) is 0 Å². The van der Waals surface area contributed by atoms with Crippen molar-refractivity contribution in [3.8, 4) is 0 Å². The molecule has 6 nitrogen and oxygen atoms in total. The Morgan fingerprint density at radius 2 is 2.00 bits per heavy atom. The number of aliphatic imine (C=N–C) groups is 1. The maximum absolute atomic E-state index is 11.3. The molecule has 0 amide bonds. The molecule has 6 heteroatoms. The molecular formula is C13H27N3O3. The number of carbonyl (C=O) groups excluding carboxylic acids is 1. The maximum Gasteiger partial charge on any atom is 0.307 e. The molecule has 0 aromatic heterocycles. The third-order valence-corrected chi connectivity index (χ3v) is 2.04. The standard InChI is InChI=1S/C13H27N3O3/c1-5-14-13(16-9-10-18-6-2)15-8-7-12(17)19-11(3)4/h11H,5-10H2,1-4H3,(H2,14,15,16). The van der Waals surface area contributed by atoms with Gasteiger partial charge in [0.05, 0.1) is 25.7 Å². The monoisotopic (exact) mass is 273 g/mol. The Kier molecular flexibility index (Phi) is 11.0. The molecular weight excluding hydrogens is 246 g/mol. The van der Waals surface area contributed by atoms with Crippen molar-refractivity contribution in [3.05, 3.63) is 0 Å². The quantitative estimate of drug-likeness (QED) is 0.283. The molecule has 0 radical (unpaired) electrons. The smallest absolute Gasteiger partial charge is 0.307 e. The van der Waals surface area contributed by atoms with Gasteiger partial charge in [0.15, 0.2) is 5.96 Å². The SMILES string of the molecule is CCNC(=NCCOCC)NCCC(=O)OC(C)C. The molecule has 0 rings (SSSR count). The van der Waals surface area contributed by atoms with Crippen molar-refractivity contribution in [2.24, 2.45) is 4.99 Å². The van der Waals surface area contributed by atoms with Crippen LogP contribution in [0.1, 0.15) is 34.1 Å². The number of ether oxygens (including phenoxy) is 2. The molecule has 0 aromatic rings. The number of carbonyl (C=O) groups is 1. The second-order valence-corrected chi connectivity index (χ2v) is 4.17. The number of esters is 1. The van der Waals surface area contributed by atoms with E-state index in [1.165, 1.54) is 0 Å². The lowest BCUT2D eigenvalue weighted by Gasteiger charge is -2.12. The van der Waals surface area contributed by atoms with Crippen LogP contribution in [-0.2, 0) is 14.3 Å². The minimum atomic E-state index is -0.201. The van der Waals surface area contributed by atoms with E-state index in [1.54, 1.807) is 0 Å². The van der Waals surface area contributed by atoms with Crippen LogP contribution in [0.2, 0.25) is 0 Å². The average Bonchev–Trinajstić information content (AvgIpc) is 2.33. The van der Waals surface area contributed by atoms with Crippen LogP contribution in [0, 0.1) is 0 Å². The van der Waals surface area contributed by atoms with Gasteiger partial charge in [-0.2, -0.15) is 0 Å². The lowest BCUT2D eigenvalue weighted by atomic mass is 10.4. The zero-order valence-corrected chi connectivity index (χ0v) is 12.5. The summed E-state index contributed by atoms with van der Waals surface area (Å²) >= 11 is 0. The Morgan fingerprint density at radius 3 is 2.58 bits per heavy atom. The van der Waals surface area contributed by atoms with Crippen LogP contribution in [-0.4, -0.2) is 50.9 Å². The Morgan fingerprint density at radius 1 is 1.26 bits per heavy atom. The third kappa shape index (κ3) is 11.5. The van der Waals surface area contributed by atoms with Crippen molar-refractivity contribution in [1.29, 1.82) is 0 Å². The van der Waals surface area contributed by atoms with Crippen molar-refractivity contribution in [3.63, 3.8) is 0 Å². The van der Waals surface area contributed by atoms with Crippen molar-refractivity contribution >= 4 is 11.9 Å². The largest absolute Gasteiger partial charge is 0.463 e. The molecule has 0 atom stereocenters. The van der Waals surface area contributed by atoms with E-state index in [2.05, 4.69) is 15.6 Å². The number of rotatable bonds is 9. The van der Waals surface area contributed by atoms with Gasteiger partial charge < -0.3 is 20.1 Å². The first kappa shape index (κ1) is 17.7. The van der Waals surface area contributed by atoms with Crippen LogP contribution in [0.25, 0.3) is 0 Å². The Hall–Kier alpha value is -1.30. The molecule has 0 saturated heterocycles. The molecule has 0 unspecified atom stereocenters. The number of nitrogens with zero attached hydrogens (tertiary/aromatic N) is 1. The highest BCUT2D eigenvalue weighted by Crippen LogP contribution is 1.92. The predicted octanol–water partition coefficient (Wildman–Crippen LogP) is 0.920. The molecule has 0 bridgehead atoms. The number of hydrogen-bond acceptors (Lipinski definition) is 4. The summed E-state index contributed by atoms with van der Waals surface area (Å²) in [6.45, 7) is 10.8. The highest BCUT2D eigenvalue weighted by atomic mass is 16.5. The first-order chi connectivity index (χ1) is 9.10. The summed E-state index contributed by atoms with van der Waals surface area (Å²) in [7, 11) is 0. The van der Waals surface area contributed by atoms with Crippen molar-refractivity contribution in [2.45, 2.75) is 40.2 Å². The fraction of sp³-hybridized carbons (Fsp3) is 0.846. The summed E-state index contributed by atoms with van der Waals surface area (Å²) in [5.41, 5.74) is 0. The summed E-state index contributed by atoms with van der Waals surface area (Å²) in [6, 6.07) is 0. The van der Waals surface area contributed by atoms with Crippen LogP contribution in [0.5, 0.6) is 0 Å². The minimum absolute atomic E-state index is 0.0689.